The van der Waals surface area contributed by atoms with Gasteiger partial charge in [-0.25, -0.2) is 0 Å². The third-order valence-electron chi connectivity index (χ3n) is 5.91. The third-order valence-corrected chi connectivity index (χ3v) is 6.16. The van der Waals surface area contributed by atoms with Crippen molar-refractivity contribution in [3.05, 3.63) is 96.0 Å². The average Bonchev–Trinajstić information content (AvgIpc) is 2.94. The number of nitrogens with zero attached hydrogens (tertiary/aromatic N) is 4. The molecular formula is C28H25ClN4O3. The molecule has 0 N–H and O–H groups in total. The van der Waals surface area contributed by atoms with E-state index in [0.717, 1.165) is 22.8 Å². The smallest absolute Gasteiger partial charge is 0.260 e. The van der Waals surface area contributed by atoms with Crippen molar-refractivity contribution in [1.29, 1.82) is 0 Å². The number of carbonyl (C=O) groups excluding carboxylic acids is 1. The maximum Gasteiger partial charge on any atom is 0.260 e. The second kappa shape index (κ2) is 11.1. The topological polar surface area (TPSA) is 67.8 Å². The summed E-state index contributed by atoms with van der Waals surface area (Å²) in [4.78, 5) is 16.6. The van der Waals surface area contributed by atoms with Crippen molar-refractivity contribution in [2.75, 3.05) is 37.7 Å². The summed E-state index contributed by atoms with van der Waals surface area (Å²) < 4.78 is 11.5. The highest BCUT2D eigenvalue weighted by Crippen LogP contribution is 2.24. The highest BCUT2D eigenvalue weighted by atomic mass is 35.5. The molecule has 0 aliphatic carbocycles. The van der Waals surface area contributed by atoms with Gasteiger partial charge in [0.2, 0.25) is 0 Å². The lowest BCUT2D eigenvalue weighted by Gasteiger charge is -2.35. The average molecular weight is 501 g/mol. The van der Waals surface area contributed by atoms with Gasteiger partial charge in [-0.3, -0.25) is 4.79 Å². The first-order valence-corrected chi connectivity index (χ1v) is 12.1. The SMILES string of the molecule is O=C(COc1ccc(Oc2ccccc2)cc1)N1CCN(c2ccc(-c3ccc(Cl)cc3)nn2)CC1. The number of benzene rings is 3. The number of hydrogen-bond donors (Lipinski definition) is 0. The lowest BCUT2D eigenvalue weighted by molar-refractivity contribution is -0.133. The number of piperazine rings is 1. The van der Waals surface area contributed by atoms with Gasteiger partial charge >= 0.3 is 0 Å². The van der Waals surface area contributed by atoms with Crippen LogP contribution in [0.25, 0.3) is 11.3 Å². The molecule has 1 fully saturated rings. The summed E-state index contributed by atoms with van der Waals surface area (Å²) in [6.45, 7) is 2.58. The van der Waals surface area contributed by atoms with Crippen molar-refractivity contribution in [3.8, 4) is 28.5 Å². The number of halogens is 1. The van der Waals surface area contributed by atoms with Crippen molar-refractivity contribution >= 4 is 23.3 Å². The van der Waals surface area contributed by atoms with Gasteiger partial charge in [0.1, 0.15) is 17.2 Å². The first kappa shape index (κ1) is 23.6. The molecule has 182 valence electrons. The number of amides is 1. The Bertz CT molecular complexity index is 1280. The minimum absolute atomic E-state index is 0.00547. The molecule has 0 spiro atoms. The molecule has 0 unspecified atom stereocenters. The second-order valence-corrected chi connectivity index (χ2v) is 8.76. The van der Waals surface area contributed by atoms with Gasteiger partial charge in [0.25, 0.3) is 5.91 Å². The molecule has 0 atom stereocenters. The molecule has 3 aromatic carbocycles. The standard InChI is InChI=1S/C28H25ClN4O3/c29-22-8-6-21(7-9-22)26-14-15-27(31-30-26)32-16-18-33(19-17-32)28(34)20-35-23-10-12-25(13-11-23)36-24-4-2-1-3-5-24/h1-15H,16-20H2. The maximum absolute atomic E-state index is 12.7. The monoisotopic (exact) mass is 500 g/mol. The van der Waals surface area contributed by atoms with Gasteiger partial charge in [0.05, 0.1) is 5.69 Å². The predicted molar refractivity (Wildman–Crippen MR) is 140 cm³/mol. The van der Waals surface area contributed by atoms with Crippen LogP contribution in [0.2, 0.25) is 5.02 Å². The number of hydrogen-bond acceptors (Lipinski definition) is 6. The summed E-state index contributed by atoms with van der Waals surface area (Å²) in [7, 11) is 0. The highest BCUT2D eigenvalue weighted by molar-refractivity contribution is 6.30. The largest absolute Gasteiger partial charge is 0.484 e. The summed E-state index contributed by atoms with van der Waals surface area (Å²) in [6.07, 6.45) is 0. The fourth-order valence-corrected chi connectivity index (χ4v) is 4.04. The zero-order valence-corrected chi connectivity index (χ0v) is 20.3. The molecule has 0 radical (unpaired) electrons. The van der Waals surface area contributed by atoms with Gasteiger partial charge in [-0.1, -0.05) is 41.9 Å². The fourth-order valence-electron chi connectivity index (χ4n) is 3.92. The quantitative estimate of drug-likeness (QED) is 0.342. The molecule has 1 aliphatic rings. The molecule has 1 aliphatic heterocycles. The minimum Gasteiger partial charge on any atom is -0.484 e. The Morgan fingerprint density at radius 2 is 1.42 bits per heavy atom. The van der Waals surface area contributed by atoms with Crippen LogP contribution in [-0.4, -0.2) is 53.8 Å². The number of anilines is 1. The van der Waals surface area contributed by atoms with E-state index in [0.29, 0.717) is 42.7 Å². The van der Waals surface area contributed by atoms with Crippen LogP contribution in [0.3, 0.4) is 0 Å². The molecule has 1 aromatic heterocycles. The van der Waals surface area contributed by atoms with Crippen LogP contribution < -0.4 is 14.4 Å². The Kier molecular flexibility index (Phi) is 7.28. The van der Waals surface area contributed by atoms with Crippen molar-refractivity contribution in [1.82, 2.24) is 15.1 Å². The first-order valence-electron chi connectivity index (χ1n) is 11.7. The van der Waals surface area contributed by atoms with E-state index >= 15 is 0 Å². The molecule has 4 aromatic rings. The van der Waals surface area contributed by atoms with E-state index in [9.17, 15) is 4.79 Å². The van der Waals surface area contributed by atoms with E-state index in [-0.39, 0.29) is 12.5 Å². The lowest BCUT2D eigenvalue weighted by Crippen LogP contribution is -2.50. The van der Waals surface area contributed by atoms with Crippen molar-refractivity contribution < 1.29 is 14.3 Å². The summed E-state index contributed by atoms with van der Waals surface area (Å²) in [5.74, 6) is 2.86. The Balaban J connectivity index is 1.08. The van der Waals surface area contributed by atoms with Crippen molar-refractivity contribution in [2.45, 2.75) is 0 Å². The highest BCUT2D eigenvalue weighted by Gasteiger charge is 2.22. The van der Waals surface area contributed by atoms with Crippen LogP contribution in [0.1, 0.15) is 0 Å². The van der Waals surface area contributed by atoms with Crippen LogP contribution >= 0.6 is 11.6 Å². The van der Waals surface area contributed by atoms with Gasteiger partial charge in [0, 0.05) is 36.8 Å². The van der Waals surface area contributed by atoms with Gasteiger partial charge < -0.3 is 19.3 Å². The van der Waals surface area contributed by atoms with Crippen LogP contribution in [-0.2, 0) is 4.79 Å². The molecule has 7 nitrogen and oxygen atoms in total. The lowest BCUT2D eigenvalue weighted by atomic mass is 10.1. The van der Waals surface area contributed by atoms with E-state index in [1.54, 1.807) is 12.1 Å². The molecule has 5 rings (SSSR count). The number of rotatable bonds is 7. The van der Waals surface area contributed by atoms with Gasteiger partial charge in [-0.2, -0.15) is 0 Å². The molecule has 36 heavy (non-hydrogen) atoms. The van der Waals surface area contributed by atoms with E-state index in [4.69, 9.17) is 21.1 Å². The minimum atomic E-state index is -0.0385. The van der Waals surface area contributed by atoms with Crippen LogP contribution in [0, 0.1) is 0 Å². The predicted octanol–water partition coefficient (Wildman–Crippen LogP) is 5.32. The van der Waals surface area contributed by atoms with E-state index in [2.05, 4.69) is 15.1 Å². The van der Waals surface area contributed by atoms with Crippen molar-refractivity contribution in [3.63, 3.8) is 0 Å². The zero-order valence-electron chi connectivity index (χ0n) is 19.6. The van der Waals surface area contributed by atoms with Crippen LogP contribution in [0.4, 0.5) is 5.82 Å². The number of ether oxygens (including phenoxy) is 2. The van der Waals surface area contributed by atoms with Gasteiger partial charge in [-0.05, 0) is 60.7 Å². The summed E-state index contributed by atoms with van der Waals surface area (Å²) >= 11 is 5.96. The van der Waals surface area contributed by atoms with Crippen molar-refractivity contribution in [2.24, 2.45) is 0 Å². The molecule has 2 heterocycles. The summed E-state index contributed by atoms with van der Waals surface area (Å²) in [5.41, 5.74) is 1.76. The number of carbonyl (C=O) groups is 1. The molecule has 1 saturated heterocycles. The Hall–Kier alpha value is -4.10. The van der Waals surface area contributed by atoms with E-state index < -0.39 is 0 Å². The Morgan fingerprint density at radius 3 is 2.08 bits per heavy atom. The zero-order chi connectivity index (χ0) is 24.7. The molecular weight excluding hydrogens is 476 g/mol. The first-order chi connectivity index (χ1) is 17.6. The van der Waals surface area contributed by atoms with Crippen LogP contribution in [0.15, 0.2) is 91.0 Å². The maximum atomic E-state index is 12.7. The number of aromatic nitrogens is 2. The summed E-state index contributed by atoms with van der Waals surface area (Å²) in [5, 5.41) is 9.43. The molecule has 0 saturated carbocycles. The summed E-state index contributed by atoms with van der Waals surface area (Å²) in [6, 6.07) is 28.2. The van der Waals surface area contributed by atoms with Gasteiger partial charge in [0.15, 0.2) is 12.4 Å². The second-order valence-electron chi connectivity index (χ2n) is 8.33. The van der Waals surface area contributed by atoms with E-state index in [1.807, 2.05) is 83.8 Å². The van der Waals surface area contributed by atoms with E-state index in [1.165, 1.54) is 0 Å². The number of para-hydroxylation sites is 1. The van der Waals surface area contributed by atoms with Gasteiger partial charge in [-0.15, -0.1) is 10.2 Å². The molecule has 1 amide bonds. The van der Waals surface area contributed by atoms with Crippen LogP contribution in [0.5, 0.6) is 17.2 Å². The third kappa shape index (κ3) is 5.93. The Labute approximate surface area is 214 Å². The Morgan fingerprint density at radius 1 is 0.750 bits per heavy atom. The molecule has 8 heteroatoms. The fraction of sp³-hybridized carbons (Fsp3) is 0.179. The normalized spacial score (nSPS) is 13.4. The molecule has 0 bridgehead atoms.